The summed E-state index contributed by atoms with van der Waals surface area (Å²) in [6.07, 6.45) is 11.6. The fraction of sp³-hybridized carbons (Fsp3) is 0.226. The molecule has 2 saturated carbocycles. The fourth-order valence-electron chi connectivity index (χ4n) is 5.75. The first-order valence-corrected chi connectivity index (χ1v) is 13.0. The van der Waals surface area contributed by atoms with Crippen molar-refractivity contribution in [1.29, 1.82) is 0 Å². The second-order valence-electron chi connectivity index (χ2n) is 9.81. The summed E-state index contributed by atoms with van der Waals surface area (Å²) in [6, 6.07) is 33.3. The summed E-state index contributed by atoms with van der Waals surface area (Å²) < 4.78 is 4.62. The van der Waals surface area contributed by atoms with Crippen LogP contribution >= 0.6 is 0 Å². The number of nitrogens with one attached hydrogen (secondary N) is 2. The molecular formula is C31H32N6+2. The second-order valence-corrected chi connectivity index (χ2v) is 9.81. The Kier molecular flexibility index (Phi) is 6.71. The van der Waals surface area contributed by atoms with Gasteiger partial charge in [-0.05, 0) is 30.7 Å². The first-order chi connectivity index (χ1) is 18.3. The van der Waals surface area contributed by atoms with Gasteiger partial charge in [0.15, 0.2) is 36.9 Å². The van der Waals surface area contributed by atoms with E-state index in [1.54, 1.807) is 0 Å². The molecule has 0 spiro atoms. The van der Waals surface area contributed by atoms with Crippen molar-refractivity contribution in [2.24, 2.45) is 22.0 Å². The van der Waals surface area contributed by atoms with E-state index in [2.05, 4.69) is 105 Å². The maximum Gasteiger partial charge on any atom is 0.199 e. The number of hydrogen-bond donors (Lipinski definition) is 2. The Morgan fingerprint density at radius 3 is 1.27 bits per heavy atom. The van der Waals surface area contributed by atoms with Crippen LogP contribution in [0.3, 0.4) is 0 Å². The van der Waals surface area contributed by atoms with Crippen LogP contribution in [0.5, 0.6) is 0 Å². The normalized spacial score (nSPS) is 25.1. The minimum atomic E-state index is 0.171. The SMILES string of the molecule is c1ccc(N/N=C2/C([n+]3ccccc3)C[C@@H]3C[C@H]2CC([n+]2ccccc2)/C3=N/Nc2ccccc2)cc1. The summed E-state index contributed by atoms with van der Waals surface area (Å²) in [5.41, 5.74) is 11.2. The number of benzene rings is 2. The second kappa shape index (κ2) is 10.7. The van der Waals surface area contributed by atoms with Gasteiger partial charge in [-0.15, -0.1) is 0 Å². The molecule has 0 saturated heterocycles. The molecule has 2 N–H and O–H groups in total. The summed E-state index contributed by atoms with van der Waals surface area (Å²) in [6.45, 7) is 0. The van der Waals surface area contributed by atoms with Gasteiger partial charge in [0.2, 0.25) is 0 Å². The number of hydrogen-bond acceptors (Lipinski definition) is 4. The Bertz CT molecular complexity index is 1250. The molecule has 0 radical (unpaired) electrons. The summed E-state index contributed by atoms with van der Waals surface area (Å²) >= 11 is 0. The van der Waals surface area contributed by atoms with Crippen LogP contribution in [-0.2, 0) is 0 Å². The van der Waals surface area contributed by atoms with E-state index >= 15 is 0 Å². The minimum Gasteiger partial charge on any atom is -0.278 e. The van der Waals surface area contributed by atoms with Gasteiger partial charge in [-0.3, -0.25) is 10.9 Å². The monoisotopic (exact) mass is 488 g/mol. The molecule has 37 heavy (non-hydrogen) atoms. The number of aromatic nitrogens is 2. The molecule has 2 aliphatic rings. The van der Waals surface area contributed by atoms with E-state index in [4.69, 9.17) is 10.2 Å². The average molecular weight is 489 g/mol. The van der Waals surface area contributed by atoms with Crippen LogP contribution in [-0.4, -0.2) is 11.4 Å². The van der Waals surface area contributed by atoms with Gasteiger partial charge in [0.25, 0.3) is 0 Å². The molecular weight excluding hydrogens is 456 g/mol. The zero-order valence-corrected chi connectivity index (χ0v) is 20.8. The molecule has 2 aromatic heterocycles. The van der Waals surface area contributed by atoms with Gasteiger partial charge in [-0.25, -0.2) is 0 Å². The first kappa shape index (κ1) is 23.1. The summed E-state index contributed by atoms with van der Waals surface area (Å²) in [5, 5.41) is 10.1. The molecule has 0 aliphatic heterocycles. The van der Waals surface area contributed by atoms with E-state index in [0.29, 0.717) is 11.8 Å². The van der Waals surface area contributed by atoms with Crippen LogP contribution in [0.2, 0.25) is 0 Å². The van der Waals surface area contributed by atoms with Gasteiger partial charge in [-0.1, -0.05) is 48.5 Å². The predicted molar refractivity (Wildman–Crippen MR) is 147 cm³/mol. The van der Waals surface area contributed by atoms with Crippen molar-refractivity contribution in [2.45, 2.75) is 31.3 Å². The van der Waals surface area contributed by atoms with Crippen LogP contribution in [0.1, 0.15) is 31.3 Å². The molecule has 4 aromatic rings. The largest absolute Gasteiger partial charge is 0.278 e. The Morgan fingerprint density at radius 2 is 0.865 bits per heavy atom. The molecule has 0 amide bonds. The number of pyridine rings is 2. The lowest BCUT2D eigenvalue weighted by Gasteiger charge is -2.39. The molecule has 2 unspecified atom stereocenters. The highest BCUT2D eigenvalue weighted by atomic mass is 15.3. The number of hydrazone groups is 2. The van der Waals surface area contributed by atoms with Gasteiger partial charge >= 0.3 is 0 Å². The topological polar surface area (TPSA) is 56.5 Å². The number of para-hydroxylation sites is 2. The third-order valence-electron chi connectivity index (χ3n) is 7.48. The lowest BCUT2D eigenvalue weighted by Crippen LogP contribution is -2.57. The highest BCUT2D eigenvalue weighted by Crippen LogP contribution is 2.43. The van der Waals surface area contributed by atoms with E-state index in [1.807, 2.05) is 36.4 Å². The third-order valence-corrected chi connectivity index (χ3v) is 7.48. The fourth-order valence-corrected chi connectivity index (χ4v) is 5.75. The van der Waals surface area contributed by atoms with Crippen LogP contribution in [0.25, 0.3) is 0 Å². The Morgan fingerprint density at radius 1 is 0.486 bits per heavy atom. The molecule has 6 nitrogen and oxygen atoms in total. The summed E-state index contributed by atoms with van der Waals surface area (Å²) in [5.74, 6) is 0.696. The van der Waals surface area contributed by atoms with Crippen LogP contribution in [0.4, 0.5) is 11.4 Å². The standard InChI is InChI=1S/C31H32N6/c1-5-13-26(14-6-1)32-34-30-24-21-25(23-28(30)36-17-9-3-10-18-36)31(35-33-27-15-7-2-8-16-27)29(22-24)37-19-11-4-12-20-37/h1-20,24-25,28-29,32-33H,21-23H2/q+2/b34-30+,35-31+/t24-,25-,28?,29?/m0/s1. The van der Waals surface area contributed by atoms with Crippen LogP contribution in [0.15, 0.2) is 132 Å². The van der Waals surface area contributed by atoms with Crippen molar-refractivity contribution in [3.63, 3.8) is 0 Å². The molecule has 2 aromatic carbocycles. The molecule has 2 heterocycles. The zero-order valence-electron chi connectivity index (χ0n) is 20.8. The molecule has 2 bridgehead atoms. The van der Waals surface area contributed by atoms with Gasteiger partial charge in [0, 0.05) is 48.9 Å². The van der Waals surface area contributed by atoms with E-state index in [9.17, 15) is 0 Å². The van der Waals surface area contributed by atoms with Gasteiger partial charge in [0.05, 0.1) is 11.4 Å². The maximum atomic E-state index is 5.06. The number of rotatable bonds is 6. The first-order valence-electron chi connectivity index (χ1n) is 13.0. The van der Waals surface area contributed by atoms with Gasteiger partial charge in [0.1, 0.15) is 11.4 Å². The lowest BCUT2D eigenvalue weighted by atomic mass is 9.66. The van der Waals surface area contributed by atoms with Crippen molar-refractivity contribution in [3.8, 4) is 0 Å². The average Bonchev–Trinajstić information content (AvgIpc) is 2.98. The summed E-state index contributed by atoms with van der Waals surface area (Å²) in [7, 11) is 0. The van der Waals surface area contributed by atoms with Gasteiger partial charge in [-0.2, -0.15) is 19.3 Å². The minimum absolute atomic E-state index is 0.171. The van der Waals surface area contributed by atoms with Crippen LogP contribution in [0, 0.1) is 11.8 Å². The molecule has 184 valence electrons. The molecule has 2 aliphatic carbocycles. The van der Waals surface area contributed by atoms with Crippen molar-refractivity contribution >= 4 is 22.8 Å². The van der Waals surface area contributed by atoms with E-state index in [1.165, 1.54) is 11.4 Å². The summed E-state index contributed by atoms with van der Waals surface area (Å²) in [4.78, 5) is 0. The van der Waals surface area contributed by atoms with Crippen LogP contribution < -0.4 is 20.0 Å². The van der Waals surface area contributed by atoms with Crippen molar-refractivity contribution in [1.82, 2.24) is 0 Å². The number of fused-ring (bicyclic) bond motifs is 2. The van der Waals surface area contributed by atoms with E-state index in [0.717, 1.165) is 30.6 Å². The third kappa shape index (κ3) is 5.14. The predicted octanol–water partition coefficient (Wildman–Crippen LogP) is 5.41. The van der Waals surface area contributed by atoms with Crippen molar-refractivity contribution < 1.29 is 9.13 Å². The van der Waals surface area contributed by atoms with Gasteiger partial charge < -0.3 is 0 Å². The Labute approximate surface area is 218 Å². The lowest BCUT2D eigenvalue weighted by molar-refractivity contribution is -0.714. The molecule has 6 rings (SSSR count). The number of nitrogens with zero attached hydrogens (tertiary/aromatic N) is 4. The molecule has 6 heteroatoms. The Hall–Kier alpha value is -4.32. The molecule has 4 atom stereocenters. The van der Waals surface area contributed by atoms with E-state index in [-0.39, 0.29) is 12.1 Å². The van der Waals surface area contributed by atoms with Crippen molar-refractivity contribution in [3.05, 3.63) is 122 Å². The smallest absolute Gasteiger partial charge is 0.199 e. The van der Waals surface area contributed by atoms with Crippen molar-refractivity contribution in [2.75, 3.05) is 10.9 Å². The highest BCUT2D eigenvalue weighted by molar-refractivity contribution is 5.98. The number of anilines is 2. The highest BCUT2D eigenvalue weighted by Gasteiger charge is 2.50. The van der Waals surface area contributed by atoms with E-state index < -0.39 is 0 Å². The quantitative estimate of drug-likeness (QED) is 0.282. The maximum absolute atomic E-state index is 5.06. The Balaban J connectivity index is 1.38. The zero-order chi connectivity index (χ0) is 24.9. The molecule has 2 fully saturated rings.